The van der Waals surface area contributed by atoms with Gasteiger partial charge in [-0.1, -0.05) is 30.3 Å². The second-order valence-electron chi connectivity index (χ2n) is 5.60. The number of amides is 1. The second kappa shape index (κ2) is 7.92. The lowest BCUT2D eigenvalue weighted by molar-refractivity contribution is -0.384. The van der Waals surface area contributed by atoms with Crippen LogP contribution in [0.1, 0.15) is 15.9 Å². The van der Waals surface area contributed by atoms with E-state index in [-0.39, 0.29) is 17.3 Å². The maximum atomic E-state index is 12.5. The molecule has 0 aromatic heterocycles. The lowest BCUT2D eigenvalue weighted by atomic mass is 10.1. The monoisotopic (exact) mass is 361 g/mol. The largest absolute Gasteiger partial charge is 0.507 e. The van der Waals surface area contributed by atoms with Crippen LogP contribution in [0.3, 0.4) is 0 Å². The van der Waals surface area contributed by atoms with E-state index < -0.39 is 4.92 Å². The number of para-hydroxylation sites is 2. The molecule has 0 fully saturated rings. The molecule has 7 nitrogen and oxygen atoms in total. The van der Waals surface area contributed by atoms with Gasteiger partial charge in [0.05, 0.1) is 22.2 Å². The third-order valence-corrected chi connectivity index (χ3v) is 3.75. The third-order valence-electron chi connectivity index (χ3n) is 3.75. The molecule has 0 bridgehead atoms. The summed E-state index contributed by atoms with van der Waals surface area (Å²) in [7, 11) is 0. The molecule has 0 spiro atoms. The van der Waals surface area contributed by atoms with Crippen LogP contribution in [-0.2, 0) is 0 Å². The van der Waals surface area contributed by atoms with E-state index in [1.54, 1.807) is 36.4 Å². The maximum absolute atomic E-state index is 12.5. The van der Waals surface area contributed by atoms with Crippen LogP contribution < -0.4 is 5.32 Å². The van der Waals surface area contributed by atoms with Crippen LogP contribution in [-0.4, -0.2) is 22.2 Å². The van der Waals surface area contributed by atoms with Crippen LogP contribution in [0.25, 0.3) is 0 Å². The molecule has 1 amide bonds. The van der Waals surface area contributed by atoms with Crippen molar-refractivity contribution in [3.63, 3.8) is 0 Å². The Balaban J connectivity index is 1.85. The molecule has 134 valence electrons. The van der Waals surface area contributed by atoms with Gasteiger partial charge >= 0.3 is 0 Å². The number of phenols is 1. The Morgan fingerprint density at radius 1 is 1.04 bits per heavy atom. The van der Waals surface area contributed by atoms with Crippen LogP contribution in [0, 0.1) is 10.1 Å². The van der Waals surface area contributed by atoms with E-state index in [0.717, 1.165) is 6.07 Å². The number of aliphatic imine (C=N–C) groups is 1. The highest BCUT2D eigenvalue weighted by molar-refractivity contribution is 6.08. The standard InChI is InChI=1S/C20H15N3O4/c24-19-12-16(23(26)27)11-10-14(19)13-21-18-9-5-4-8-17(18)20(25)22-15-6-2-1-3-7-15/h1-13,24H,(H,22,25). The Kier molecular flexibility index (Phi) is 5.22. The number of carbonyl (C=O) groups excluding carboxylic acids is 1. The van der Waals surface area contributed by atoms with Gasteiger partial charge < -0.3 is 10.4 Å². The van der Waals surface area contributed by atoms with Crippen LogP contribution in [0.4, 0.5) is 17.1 Å². The van der Waals surface area contributed by atoms with E-state index in [9.17, 15) is 20.0 Å². The van der Waals surface area contributed by atoms with Crippen molar-refractivity contribution in [2.75, 3.05) is 5.32 Å². The van der Waals surface area contributed by atoms with Crippen LogP contribution in [0.2, 0.25) is 0 Å². The summed E-state index contributed by atoms with van der Waals surface area (Å²) >= 11 is 0. The number of nitrogens with one attached hydrogen (secondary N) is 1. The lowest BCUT2D eigenvalue weighted by Crippen LogP contribution is -2.11. The molecule has 3 rings (SSSR count). The SMILES string of the molecule is O=C(Nc1ccccc1)c1ccccc1N=Cc1ccc([N+](=O)[O-])cc1O. The topological polar surface area (TPSA) is 105 Å². The number of carbonyl (C=O) groups is 1. The minimum absolute atomic E-state index is 0.215. The predicted molar refractivity (Wildman–Crippen MR) is 103 cm³/mol. The smallest absolute Gasteiger partial charge is 0.273 e. The van der Waals surface area contributed by atoms with Gasteiger partial charge in [0.25, 0.3) is 11.6 Å². The maximum Gasteiger partial charge on any atom is 0.273 e. The minimum atomic E-state index is -0.593. The molecule has 0 heterocycles. The Hall–Kier alpha value is -4.00. The number of hydrogen-bond acceptors (Lipinski definition) is 5. The van der Waals surface area contributed by atoms with Gasteiger partial charge in [-0.2, -0.15) is 0 Å². The fourth-order valence-electron chi connectivity index (χ4n) is 2.39. The molecule has 0 radical (unpaired) electrons. The number of benzene rings is 3. The normalized spacial score (nSPS) is 10.7. The first-order valence-electron chi connectivity index (χ1n) is 8.01. The molecule has 2 N–H and O–H groups in total. The number of hydrogen-bond donors (Lipinski definition) is 2. The van der Waals surface area contributed by atoms with Crippen LogP contribution >= 0.6 is 0 Å². The van der Waals surface area contributed by atoms with Crippen molar-refractivity contribution in [3.05, 3.63) is 94.0 Å². The van der Waals surface area contributed by atoms with Crippen molar-refractivity contribution in [1.82, 2.24) is 0 Å². The summed E-state index contributed by atoms with van der Waals surface area (Å²) in [5, 5.41) is 23.4. The van der Waals surface area contributed by atoms with E-state index in [1.807, 2.05) is 18.2 Å². The van der Waals surface area contributed by atoms with Gasteiger partial charge in [-0.25, -0.2) is 0 Å². The highest BCUT2D eigenvalue weighted by Gasteiger charge is 2.12. The molecule has 0 aliphatic carbocycles. The van der Waals surface area contributed by atoms with Gasteiger partial charge in [0, 0.05) is 23.5 Å². The number of anilines is 1. The summed E-state index contributed by atoms with van der Waals surface area (Å²) in [6.45, 7) is 0. The Labute approximate surface area is 154 Å². The van der Waals surface area contributed by atoms with Crippen molar-refractivity contribution in [2.24, 2.45) is 4.99 Å². The molecule has 3 aromatic carbocycles. The van der Waals surface area contributed by atoms with Gasteiger partial charge in [-0.3, -0.25) is 19.9 Å². The number of nitrogens with zero attached hydrogens (tertiary/aromatic N) is 2. The molecule has 0 atom stereocenters. The van der Waals surface area contributed by atoms with Gasteiger partial charge in [-0.15, -0.1) is 0 Å². The molecule has 7 heteroatoms. The van der Waals surface area contributed by atoms with Gasteiger partial charge in [0.15, 0.2) is 0 Å². The van der Waals surface area contributed by atoms with E-state index in [0.29, 0.717) is 22.5 Å². The molecule has 0 saturated carbocycles. The van der Waals surface area contributed by atoms with Crippen molar-refractivity contribution >= 4 is 29.2 Å². The molecule has 3 aromatic rings. The molecule has 0 unspecified atom stereocenters. The minimum Gasteiger partial charge on any atom is -0.507 e. The summed E-state index contributed by atoms with van der Waals surface area (Å²) in [5.41, 5.74) is 1.52. The molecular weight excluding hydrogens is 346 g/mol. The zero-order chi connectivity index (χ0) is 19.2. The molecule has 0 aliphatic rings. The average Bonchev–Trinajstić information content (AvgIpc) is 2.68. The number of aromatic hydroxyl groups is 1. The highest BCUT2D eigenvalue weighted by Crippen LogP contribution is 2.24. The molecule has 0 aliphatic heterocycles. The first kappa shape index (κ1) is 17.8. The zero-order valence-corrected chi connectivity index (χ0v) is 14.1. The number of nitro groups is 1. The number of phenolic OH excluding ortho intramolecular Hbond substituents is 1. The number of rotatable bonds is 5. The quantitative estimate of drug-likeness (QED) is 0.401. The fourth-order valence-corrected chi connectivity index (χ4v) is 2.39. The summed E-state index contributed by atoms with van der Waals surface area (Å²) in [6, 6.07) is 19.5. The Bertz CT molecular complexity index is 1020. The summed E-state index contributed by atoms with van der Waals surface area (Å²) in [4.78, 5) is 26.9. The molecule has 27 heavy (non-hydrogen) atoms. The summed E-state index contributed by atoms with van der Waals surface area (Å²) < 4.78 is 0. The van der Waals surface area contributed by atoms with Gasteiger partial charge in [0.1, 0.15) is 5.75 Å². The summed E-state index contributed by atoms with van der Waals surface area (Å²) in [6.07, 6.45) is 1.35. The van der Waals surface area contributed by atoms with Gasteiger partial charge in [-0.05, 0) is 30.3 Å². The second-order valence-corrected chi connectivity index (χ2v) is 5.60. The third kappa shape index (κ3) is 4.35. The van der Waals surface area contributed by atoms with Crippen LogP contribution in [0.5, 0.6) is 5.75 Å². The summed E-state index contributed by atoms with van der Waals surface area (Å²) in [5.74, 6) is -0.582. The fraction of sp³-hybridized carbons (Fsp3) is 0. The first-order chi connectivity index (χ1) is 13.0. The first-order valence-corrected chi connectivity index (χ1v) is 8.01. The van der Waals surface area contributed by atoms with Crippen molar-refractivity contribution in [1.29, 1.82) is 0 Å². The number of nitro benzene ring substituents is 1. The van der Waals surface area contributed by atoms with Gasteiger partial charge in [0.2, 0.25) is 0 Å². The highest BCUT2D eigenvalue weighted by atomic mass is 16.6. The van der Waals surface area contributed by atoms with E-state index >= 15 is 0 Å². The predicted octanol–water partition coefficient (Wildman–Crippen LogP) is 4.30. The van der Waals surface area contributed by atoms with Crippen molar-refractivity contribution in [2.45, 2.75) is 0 Å². The van der Waals surface area contributed by atoms with E-state index in [1.165, 1.54) is 18.3 Å². The molecule has 0 saturated heterocycles. The average molecular weight is 361 g/mol. The van der Waals surface area contributed by atoms with E-state index in [4.69, 9.17) is 0 Å². The Morgan fingerprint density at radius 2 is 1.74 bits per heavy atom. The van der Waals surface area contributed by atoms with Crippen molar-refractivity contribution in [3.8, 4) is 5.75 Å². The Morgan fingerprint density at radius 3 is 2.44 bits per heavy atom. The van der Waals surface area contributed by atoms with Crippen molar-refractivity contribution < 1.29 is 14.8 Å². The number of non-ortho nitro benzene ring substituents is 1. The zero-order valence-electron chi connectivity index (χ0n) is 14.1. The molecular formula is C20H15N3O4. The van der Waals surface area contributed by atoms with Crippen LogP contribution in [0.15, 0.2) is 77.8 Å². The lowest BCUT2D eigenvalue weighted by Gasteiger charge is -2.07. The van der Waals surface area contributed by atoms with E-state index in [2.05, 4.69) is 10.3 Å².